The van der Waals surface area contributed by atoms with E-state index in [-0.39, 0.29) is 5.91 Å². The molecule has 0 heterocycles. The number of hydrogen-bond acceptors (Lipinski definition) is 2. The normalized spacial score (nSPS) is 15.7. The standard InChI is InChI=1S/C20H32N4O/c1-16-9-11-17(12-10-16)15-24(3)20(21-2)22-14-13-19(25)23-18-7-5-4-6-8-18/h9-12,18H,4-8,13-15H2,1-3H3,(H,21,22)(H,23,25). The molecule has 0 radical (unpaired) electrons. The minimum Gasteiger partial charge on any atom is -0.356 e. The van der Waals surface area contributed by atoms with Gasteiger partial charge in [0.15, 0.2) is 5.96 Å². The van der Waals surface area contributed by atoms with Gasteiger partial charge in [-0.1, -0.05) is 49.1 Å². The summed E-state index contributed by atoms with van der Waals surface area (Å²) in [6.07, 6.45) is 6.50. The first kappa shape index (κ1) is 19.3. The molecule has 0 atom stereocenters. The van der Waals surface area contributed by atoms with Crippen LogP contribution in [0.5, 0.6) is 0 Å². The van der Waals surface area contributed by atoms with Crippen molar-refractivity contribution < 1.29 is 4.79 Å². The van der Waals surface area contributed by atoms with E-state index >= 15 is 0 Å². The molecule has 0 unspecified atom stereocenters. The van der Waals surface area contributed by atoms with Crippen LogP contribution in [0.15, 0.2) is 29.3 Å². The SMILES string of the molecule is CN=C(NCCC(=O)NC1CCCCC1)N(C)Cc1ccc(C)cc1. The Bertz CT molecular complexity index is 562. The van der Waals surface area contributed by atoms with Gasteiger partial charge in [-0.2, -0.15) is 0 Å². The second-order valence-corrected chi connectivity index (χ2v) is 6.97. The van der Waals surface area contributed by atoms with E-state index in [1.54, 1.807) is 7.05 Å². The number of nitrogens with zero attached hydrogens (tertiary/aromatic N) is 2. The Labute approximate surface area is 151 Å². The minimum atomic E-state index is 0.135. The third kappa shape index (κ3) is 6.77. The van der Waals surface area contributed by atoms with Crippen molar-refractivity contribution in [3.63, 3.8) is 0 Å². The molecule has 138 valence electrons. The van der Waals surface area contributed by atoms with Gasteiger partial charge in [0.1, 0.15) is 0 Å². The van der Waals surface area contributed by atoms with Gasteiger partial charge in [0.25, 0.3) is 0 Å². The average molecular weight is 345 g/mol. The number of aryl methyl sites for hydroxylation is 1. The summed E-state index contributed by atoms with van der Waals surface area (Å²) in [7, 11) is 3.79. The molecule has 0 aromatic heterocycles. The maximum absolute atomic E-state index is 12.1. The second-order valence-electron chi connectivity index (χ2n) is 6.97. The number of hydrogen-bond donors (Lipinski definition) is 2. The number of nitrogens with one attached hydrogen (secondary N) is 2. The molecule has 1 aromatic rings. The number of rotatable bonds is 6. The van der Waals surface area contributed by atoms with Crippen LogP contribution >= 0.6 is 0 Å². The van der Waals surface area contributed by atoms with Crippen molar-refractivity contribution in [2.24, 2.45) is 4.99 Å². The summed E-state index contributed by atoms with van der Waals surface area (Å²) in [5, 5.41) is 6.44. The lowest BCUT2D eigenvalue weighted by Gasteiger charge is -2.24. The van der Waals surface area contributed by atoms with Gasteiger partial charge in [-0.05, 0) is 25.3 Å². The smallest absolute Gasteiger partial charge is 0.221 e. The minimum absolute atomic E-state index is 0.135. The zero-order valence-corrected chi connectivity index (χ0v) is 15.8. The molecule has 1 aliphatic carbocycles. The van der Waals surface area contributed by atoms with Crippen molar-refractivity contribution in [1.82, 2.24) is 15.5 Å². The lowest BCUT2D eigenvalue weighted by atomic mass is 9.95. The van der Waals surface area contributed by atoms with E-state index in [0.717, 1.165) is 25.3 Å². The highest BCUT2D eigenvalue weighted by atomic mass is 16.1. The van der Waals surface area contributed by atoms with Crippen molar-refractivity contribution in [2.75, 3.05) is 20.6 Å². The summed E-state index contributed by atoms with van der Waals surface area (Å²) >= 11 is 0. The van der Waals surface area contributed by atoms with E-state index in [9.17, 15) is 4.79 Å². The van der Waals surface area contributed by atoms with Crippen LogP contribution in [-0.2, 0) is 11.3 Å². The number of aliphatic imine (C=N–C) groups is 1. The van der Waals surface area contributed by atoms with Crippen LogP contribution in [0.4, 0.5) is 0 Å². The third-order valence-corrected chi connectivity index (χ3v) is 4.72. The molecular weight excluding hydrogens is 312 g/mol. The van der Waals surface area contributed by atoms with E-state index in [0.29, 0.717) is 19.0 Å². The summed E-state index contributed by atoms with van der Waals surface area (Å²) in [5.41, 5.74) is 2.50. The molecule has 25 heavy (non-hydrogen) atoms. The first-order valence-corrected chi connectivity index (χ1v) is 9.35. The first-order chi connectivity index (χ1) is 12.1. The molecular formula is C20H32N4O. The van der Waals surface area contributed by atoms with Crippen LogP contribution in [0.2, 0.25) is 0 Å². The molecule has 1 fully saturated rings. The van der Waals surface area contributed by atoms with Crippen LogP contribution in [-0.4, -0.2) is 43.4 Å². The van der Waals surface area contributed by atoms with Gasteiger partial charge in [-0.3, -0.25) is 9.79 Å². The second kappa shape index (κ2) is 10.1. The Hall–Kier alpha value is -2.04. The summed E-state index contributed by atoms with van der Waals surface area (Å²) in [5.74, 6) is 0.946. The fraction of sp³-hybridized carbons (Fsp3) is 0.600. The topological polar surface area (TPSA) is 56.7 Å². The molecule has 1 amide bonds. The fourth-order valence-electron chi connectivity index (χ4n) is 3.26. The molecule has 0 bridgehead atoms. The number of guanidine groups is 1. The molecule has 5 nitrogen and oxygen atoms in total. The molecule has 1 aromatic carbocycles. The predicted molar refractivity (Wildman–Crippen MR) is 104 cm³/mol. The lowest BCUT2D eigenvalue weighted by Crippen LogP contribution is -2.41. The first-order valence-electron chi connectivity index (χ1n) is 9.35. The van der Waals surface area contributed by atoms with Crippen LogP contribution in [0.25, 0.3) is 0 Å². The van der Waals surface area contributed by atoms with Gasteiger partial charge in [-0.15, -0.1) is 0 Å². The largest absolute Gasteiger partial charge is 0.356 e. The molecule has 0 spiro atoms. The summed E-state index contributed by atoms with van der Waals surface area (Å²) in [6.45, 7) is 3.48. The van der Waals surface area contributed by atoms with Crippen molar-refractivity contribution >= 4 is 11.9 Å². The van der Waals surface area contributed by atoms with Crippen molar-refractivity contribution in [3.05, 3.63) is 35.4 Å². The van der Waals surface area contributed by atoms with Crippen molar-refractivity contribution in [3.8, 4) is 0 Å². The molecule has 5 heteroatoms. The van der Waals surface area contributed by atoms with Crippen LogP contribution in [0.1, 0.15) is 49.7 Å². The number of carbonyl (C=O) groups is 1. The predicted octanol–water partition coefficient (Wildman–Crippen LogP) is 2.84. The van der Waals surface area contributed by atoms with Crippen molar-refractivity contribution in [2.45, 2.75) is 58.0 Å². The van der Waals surface area contributed by atoms with Gasteiger partial charge >= 0.3 is 0 Å². The zero-order chi connectivity index (χ0) is 18.1. The van der Waals surface area contributed by atoms with Gasteiger partial charge in [-0.25, -0.2) is 0 Å². The Morgan fingerprint density at radius 3 is 2.52 bits per heavy atom. The summed E-state index contributed by atoms with van der Waals surface area (Å²) < 4.78 is 0. The Morgan fingerprint density at radius 1 is 1.20 bits per heavy atom. The maximum atomic E-state index is 12.1. The van der Waals surface area contributed by atoms with E-state index in [1.807, 2.05) is 7.05 Å². The Balaban J connectivity index is 1.71. The molecule has 2 rings (SSSR count). The average Bonchev–Trinajstić information content (AvgIpc) is 2.61. The quantitative estimate of drug-likeness (QED) is 0.616. The van der Waals surface area contributed by atoms with E-state index in [4.69, 9.17) is 0 Å². The molecule has 0 aliphatic heterocycles. The van der Waals surface area contributed by atoms with E-state index in [2.05, 4.69) is 51.7 Å². The highest BCUT2D eigenvalue weighted by molar-refractivity contribution is 5.81. The van der Waals surface area contributed by atoms with Crippen molar-refractivity contribution in [1.29, 1.82) is 0 Å². The Morgan fingerprint density at radius 2 is 1.88 bits per heavy atom. The van der Waals surface area contributed by atoms with E-state index < -0.39 is 0 Å². The van der Waals surface area contributed by atoms with Gasteiger partial charge < -0.3 is 15.5 Å². The highest BCUT2D eigenvalue weighted by Gasteiger charge is 2.15. The number of amides is 1. The molecule has 1 saturated carbocycles. The Kier molecular flexibility index (Phi) is 7.76. The zero-order valence-electron chi connectivity index (χ0n) is 15.8. The van der Waals surface area contributed by atoms with Crippen LogP contribution in [0, 0.1) is 6.92 Å². The van der Waals surface area contributed by atoms with Gasteiger partial charge in [0.05, 0.1) is 0 Å². The highest BCUT2D eigenvalue weighted by Crippen LogP contribution is 2.17. The van der Waals surface area contributed by atoms with Gasteiger partial charge in [0, 0.05) is 39.6 Å². The molecule has 0 saturated heterocycles. The number of carbonyl (C=O) groups excluding carboxylic acids is 1. The molecule has 1 aliphatic rings. The van der Waals surface area contributed by atoms with Crippen LogP contribution in [0.3, 0.4) is 0 Å². The summed E-state index contributed by atoms with van der Waals surface area (Å²) in [4.78, 5) is 18.5. The summed E-state index contributed by atoms with van der Waals surface area (Å²) in [6, 6.07) is 8.89. The monoisotopic (exact) mass is 344 g/mol. The fourth-order valence-corrected chi connectivity index (χ4v) is 3.26. The van der Waals surface area contributed by atoms with E-state index in [1.165, 1.54) is 30.4 Å². The van der Waals surface area contributed by atoms with Crippen LogP contribution < -0.4 is 10.6 Å². The van der Waals surface area contributed by atoms with Gasteiger partial charge in [0.2, 0.25) is 5.91 Å². The maximum Gasteiger partial charge on any atom is 0.221 e. The third-order valence-electron chi connectivity index (χ3n) is 4.72. The number of benzene rings is 1. The lowest BCUT2D eigenvalue weighted by molar-refractivity contribution is -0.121. The molecule has 2 N–H and O–H groups in total.